The highest BCUT2D eigenvalue weighted by molar-refractivity contribution is 9.10. The van der Waals surface area contributed by atoms with Crippen LogP contribution in [-0.4, -0.2) is 56.2 Å². The number of rotatable bonds is 4. The number of ether oxygens (including phenoxy) is 1. The fourth-order valence-electron chi connectivity index (χ4n) is 2.52. The van der Waals surface area contributed by atoms with Crippen molar-refractivity contribution in [2.45, 2.75) is 12.6 Å². The van der Waals surface area contributed by atoms with Crippen LogP contribution in [0.25, 0.3) is 0 Å². The van der Waals surface area contributed by atoms with Gasteiger partial charge < -0.3 is 15.4 Å². The maximum atomic E-state index is 5.89. The first-order valence-corrected chi connectivity index (χ1v) is 7.38. The molecule has 1 heterocycles. The van der Waals surface area contributed by atoms with Crippen molar-refractivity contribution in [2.75, 3.05) is 40.3 Å². The first-order chi connectivity index (χ1) is 9.13. The van der Waals surface area contributed by atoms with Gasteiger partial charge in [-0.05, 0) is 40.7 Å². The highest BCUT2D eigenvalue weighted by Gasteiger charge is 2.24. The summed E-state index contributed by atoms with van der Waals surface area (Å²) in [5.74, 6) is 0.873. The molecule has 0 aromatic heterocycles. The van der Waals surface area contributed by atoms with Crippen molar-refractivity contribution in [1.29, 1.82) is 0 Å². The van der Waals surface area contributed by atoms with Crippen molar-refractivity contribution in [1.82, 2.24) is 9.80 Å². The van der Waals surface area contributed by atoms with Crippen molar-refractivity contribution in [2.24, 2.45) is 5.73 Å². The van der Waals surface area contributed by atoms with E-state index in [0.29, 0.717) is 12.6 Å². The standard InChI is InChI=1S/C14H22BrN3O/c1-17-5-6-18(12(8-16)10-17)9-11-3-4-14(19-2)13(15)7-11/h3-4,7,12H,5-6,8-10,16H2,1-2H3. The Morgan fingerprint density at radius 3 is 2.84 bits per heavy atom. The fraction of sp³-hybridized carbons (Fsp3) is 0.571. The lowest BCUT2D eigenvalue weighted by Crippen LogP contribution is -2.54. The number of halogens is 1. The minimum atomic E-state index is 0.444. The summed E-state index contributed by atoms with van der Waals surface area (Å²) in [6.45, 7) is 4.88. The molecule has 1 fully saturated rings. The molecule has 1 unspecified atom stereocenters. The van der Waals surface area contributed by atoms with Gasteiger partial charge in [-0.25, -0.2) is 0 Å². The molecule has 0 saturated carbocycles. The van der Waals surface area contributed by atoms with E-state index >= 15 is 0 Å². The normalized spacial score (nSPS) is 21.6. The highest BCUT2D eigenvalue weighted by Crippen LogP contribution is 2.26. The van der Waals surface area contributed by atoms with Crippen LogP contribution in [0.2, 0.25) is 0 Å². The summed E-state index contributed by atoms with van der Waals surface area (Å²) in [6, 6.07) is 6.70. The van der Waals surface area contributed by atoms with Crippen LogP contribution in [0.4, 0.5) is 0 Å². The number of likely N-dealkylation sites (N-methyl/N-ethyl adjacent to an activating group) is 1. The van der Waals surface area contributed by atoms with Gasteiger partial charge in [-0.3, -0.25) is 4.90 Å². The van der Waals surface area contributed by atoms with Gasteiger partial charge in [-0.1, -0.05) is 6.07 Å². The first kappa shape index (κ1) is 14.8. The smallest absolute Gasteiger partial charge is 0.133 e. The molecule has 0 aliphatic carbocycles. The molecule has 0 amide bonds. The van der Waals surface area contributed by atoms with E-state index < -0.39 is 0 Å². The fourth-order valence-corrected chi connectivity index (χ4v) is 3.11. The Morgan fingerprint density at radius 2 is 2.21 bits per heavy atom. The molecule has 1 aromatic rings. The molecular formula is C14H22BrN3O. The van der Waals surface area contributed by atoms with Crippen molar-refractivity contribution in [3.8, 4) is 5.75 Å². The van der Waals surface area contributed by atoms with E-state index in [1.165, 1.54) is 5.56 Å². The highest BCUT2D eigenvalue weighted by atomic mass is 79.9. The van der Waals surface area contributed by atoms with E-state index in [0.717, 1.165) is 36.4 Å². The van der Waals surface area contributed by atoms with E-state index in [9.17, 15) is 0 Å². The quantitative estimate of drug-likeness (QED) is 0.910. The van der Waals surface area contributed by atoms with Crippen molar-refractivity contribution in [3.05, 3.63) is 28.2 Å². The van der Waals surface area contributed by atoms with Gasteiger partial charge in [-0.2, -0.15) is 0 Å². The number of nitrogens with zero attached hydrogens (tertiary/aromatic N) is 2. The molecule has 1 saturated heterocycles. The molecule has 4 nitrogen and oxygen atoms in total. The van der Waals surface area contributed by atoms with Crippen LogP contribution in [-0.2, 0) is 6.54 Å². The Labute approximate surface area is 123 Å². The molecule has 0 bridgehead atoms. The van der Waals surface area contributed by atoms with Gasteiger partial charge in [0.05, 0.1) is 11.6 Å². The van der Waals surface area contributed by atoms with Crippen LogP contribution in [0.3, 0.4) is 0 Å². The third-order valence-electron chi connectivity index (χ3n) is 3.68. The summed E-state index contributed by atoms with van der Waals surface area (Å²) in [7, 11) is 3.84. The lowest BCUT2D eigenvalue weighted by molar-refractivity contribution is 0.0880. The molecule has 1 atom stereocenters. The molecule has 1 aliphatic rings. The van der Waals surface area contributed by atoms with Crippen LogP contribution in [0.1, 0.15) is 5.56 Å². The first-order valence-electron chi connectivity index (χ1n) is 6.59. The Kier molecular flexibility index (Phi) is 5.21. The SMILES string of the molecule is COc1ccc(CN2CCN(C)CC2CN)cc1Br. The van der Waals surface area contributed by atoms with Gasteiger partial charge in [0.15, 0.2) is 0 Å². The average molecular weight is 328 g/mol. The largest absolute Gasteiger partial charge is 0.496 e. The number of hydrogen-bond donors (Lipinski definition) is 1. The minimum absolute atomic E-state index is 0.444. The van der Waals surface area contributed by atoms with E-state index in [1.807, 2.05) is 6.07 Å². The molecule has 19 heavy (non-hydrogen) atoms. The van der Waals surface area contributed by atoms with Gasteiger partial charge in [0.2, 0.25) is 0 Å². The Balaban J connectivity index is 2.05. The number of nitrogens with two attached hydrogens (primary N) is 1. The molecular weight excluding hydrogens is 306 g/mol. The molecule has 0 radical (unpaired) electrons. The molecule has 2 N–H and O–H groups in total. The van der Waals surface area contributed by atoms with Crippen LogP contribution >= 0.6 is 15.9 Å². The van der Waals surface area contributed by atoms with Gasteiger partial charge in [0.25, 0.3) is 0 Å². The van der Waals surface area contributed by atoms with Gasteiger partial charge >= 0.3 is 0 Å². The molecule has 1 aromatic carbocycles. The summed E-state index contributed by atoms with van der Waals surface area (Å²) in [6.07, 6.45) is 0. The van der Waals surface area contributed by atoms with E-state index in [4.69, 9.17) is 10.5 Å². The zero-order valence-corrected chi connectivity index (χ0v) is 13.2. The Hall–Kier alpha value is -0.620. The van der Waals surface area contributed by atoms with Gasteiger partial charge in [-0.15, -0.1) is 0 Å². The van der Waals surface area contributed by atoms with E-state index in [2.05, 4.69) is 44.9 Å². The predicted molar refractivity (Wildman–Crippen MR) is 81.4 cm³/mol. The molecule has 0 spiro atoms. The van der Waals surface area contributed by atoms with E-state index in [1.54, 1.807) is 7.11 Å². The topological polar surface area (TPSA) is 41.7 Å². The number of hydrogen-bond acceptors (Lipinski definition) is 4. The number of piperazine rings is 1. The second kappa shape index (κ2) is 6.70. The predicted octanol–water partition coefficient (Wildman–Crippen LogP) is 1.53. The third-order valence-corrected chi connectivity index (χ3v) is 4.30. The molecule has 1 aliphatic heterocycles. The second-order valence-corrected chi connectivity index (χ2v) is 5.95. The monoisotopic (exact) mass is 327 g/mol. The number of benzene rings is 1. The molecule has 5 heteroatoms. The summed E-state index contributed by atoms with van der Waals surface area (Å²) in [5.41, 5.74) is 7.18. The van der Waals surface area contributed by atoms with Crippen LogP contribution in [0.5, 0.6) is 5.75 Å². The number of methoxy groups -OCH3 is 1. The van der Waals surface area contributed by atoms with Gasteiger partial charge in [0.1, 0.15) is 5.75 Å². The third kappa shape index (κ3) is 3.69. The summed E-state index contributed by atoms with van der Waals surface area (Å²) in [4.78, 5) is 4.81. The van der Waals surface area contributed by atoms with Crippen LogP contribution < -0.4 is 10.5 Å². The second-order valence-electron chi connectivity index (χ2n) is 5.09. The van der Waals surface area contributed by atoms with Crippen molar-refractivity contribution < 1.29 is 4.74 Å². The summed E-state index contributed by atoms with van der Waals surface area (Å²) in [5, 5.41) is 0. The zero-order chi connectivity index (χ0) is 13.8. The zero-order valence-electron chi connectivity index (χ0n) is 11.6. The minimum Gasteiger partial charge on any atom is -0.496 e. The maximum Gasteiger partial charge on any atom is 0.133 e. The van der Waals surface area contributed by atoms with Crippen molar-refractivity contribution >= 4 is 15.9 Å². The van der Waals surface area contributed by atoms with Crippen LogP contribution in [0.15, 0.2) is 22.7 Å². The molecule has 106 valence electrons. The molecule has 2 rings (SSSR count). The van der Waals surface area contributed by atoms with E-state index in [-0.39, 0.29) is 0 Å². The summed E-state index contributed by atoms with van der Waals surface area (Å²) >= 11 is 3.54. The lowest BCUT2D eigenvalue weighted by atomic mass is 10.1. The van der Waals surface area contributed by atoms with Crippen molar-refractivity contribution in [3.63, 3.8) is 0 Å². The van der Waals surface area contributed by atoms with Crippen LogP contribution in [0, 0.1) is 0 Å². The average Bonchev–Trinajstić information content (AvgIpc) is 2.41. The summed E-state index contributed by atoms with van der Waals surface area (Å²) < 4.78 is 6.26. The Bertz CT molecular complexity index is 427. The van der Waals surface area contributed by atoms with Gasteiger partial charge in [0, 0.05) is 38.8 Å². The lowest BCUT2D eigenvalue weighted by Gasteiger charge is -2.39. The maximum absolute atomic E-state index is 5.89. The Morgan fingerprint density at radius 1 is 1.42 bits per heavy atom.